The topological polar surface area (TPSA) is 76.2 Å². The number of hydrogen-bond donors (Lipinski definition) is 0. The van der Waals surface area contributed by atoms with Gasteiger partial charge in [-0.05, 0) is 35.9 Å². The van der Waals surface area contributed by atoms with Crippen molar-refractivity contribution in [1.82, 2.24) is 9.37 Å². The summed E-state index contributed by atoms with van der Waals surface area (Å²) in [6.45, 7) is 4.40. The first kappa shape index (κ1) is 21.6. The fourth-order valence-corrected chi connectivity index (χ4v) is 3.47. The Balaban J connectivity index is 2.13. The Bertz CT molecular complexity index is 926. The van der Waals surface area contributed by atoms with Crippen LogP contribution in [-0.2, 0) is 21.4 Å². The summed E-state index contributed by atoms with van der Waals surface area (Å²) in [5, 5.41) is 0. The van der Waals surface area contributed by atoms with Crippen LogP contribution in [0.2, 0.25) is 0 Å². The van der Waals surface area contributed by atoms with Gasteiger partial charge in [0, 0.05) is 26.2 Å². The minimum atomic E-state index is -3.82. The highest BCUT2D eigenvalue weighted by Gasteiger charge is 2.22. The molecule has 0 saturated heterocycles. The Morgan fingerprint density at radius 1 is 1.14 bits per heavy atom. The second-order valence-corrected chi connectivity index (χ2v) is 7.97. The Morgan fingerprint density at radius 3 is 2.43 bits per heavy atom. The second-order valence-electron chi connectivity index (χ2n) is 6.03. The van der Waals surface area contributed by atoms with Gasteiger partial charge in [0.05, 0.1) is 12.0 Å². The predicted octanol–water partition coefficient (Wildman–Crippen LogP) is 2.71. The minimum absolute atomic E-state index is 0.0141. The van der Waals surface area contributed by atoms with E-state index in [2.05, 4.69) is 6.58 Å². The number of carbonyl (C=O) groups is 1. The van der Waals surface area contributed by atoms with Gasteiger partial charge in [-0.15, -0.1) is 0 Å². The molecular weight excluding hydrogens is 380 g/mol. The molecule has 0 saturated carbocycles. The first-order chi connectivity index (χ1) is 13.3. The zero-order valence-corrected chi connectivity index (χ0v) is 17.0. The van der Waals surface area contributed by atoms with Crippen LogP contribution in [0.15, 0.2) is 66.1 Å². The molecule has 2 aromatic rings. The highest BCUT2D eigenvalue weighted by molar-refractivity contribution is 7.89. The van der Waals surface area contributed by atoms with Crippen LogP contribution in [0.25, 0.3) is 0 Å². The van der Waals surface area contributed by atoms with Crippen molar-refractivity contribution in [2.75, 3.05) is 27.8 Å². The quantitative estimate of drug-likeness (QED) is 0.474. The van der Waals surface area contributed by atoms with Crippen LogP contribution in [0.4, 0.5) is 0 Å². The van der Waals surface area contributed by atoms with Crippen molar-refractivity contribution < 1.29 is 22.8 Å². The molecule has 28 heavy (non-hydrogen) atoms. The lowest BCUT2D eigenvalue weighted by Gasteiger charge is -2.19. The summed E-state index contributed by atoms with van der Waals surface area (Å²) in [4.78, 5) is 19.0. The third kappa shape index (κ3) is 5.19. The molecule has 0 fully saturated rings. The molecule has 0 spiro atoms. The number of benzene rings is 2. The summed E-state index contributed by atoms with van der Waals surface area (Å²) in [6, 6.07) is 13.3. The first-order valence-electron chi connectivity index (χ1n) is 8.50. The number of rotatable bonds is 9. The number of sulfonamides is 1. The lowest BCUT2D eigenvalue weighted by molar-refractivity contribution is -0.0258. The molecule has 0 N–H and O–H groups in total. The minimum Gasteiger partial charge on any atom is -0.490 e. The fraction of sp³-hybridized carbons (Fsp3) is 0.250. The number of amides is 1. The van der Waals surface area contributed by atoms with Gasteiger partial charge in [0.2, 0.25) is 0 Å². The molecule has 0 heterocycles. The molecule has 0 aliphatic heterocycles. The van der Waals surface area contributed by atoms with Gasteiger partial charge < -0.3 is 9.64 Å². The third-order valence-electron chi connectivity index (χ3n) is 4.03. The van der Waals surface area contributed by atoms with Crippen LogP contribution in [0.3, 0.4) is 0 Å². The number of ether oxygens (including phenoxy) is 1. The SMILES string of the molecule is C=CCOc1ccc(CN(C)C(=O)c2cccc(S(=O)(=O)N(C)OC)c2)cc1. The maximum absolute atomic E-state index is 12.7. The molecule has 2 aromatic carbocycles. The number of nitrogens with zero attached hydrogens (tertiary/aromatic N) is 2. The standard InChI is InChI=1S/C20H24N2O5S/c1-5-13-27-18-11-9-16(10-12-18)15-21(2)20(23)17-7-6-8-19(14-17)28(24,25)22(3)26-4/h5-12,14H,1,13,15H2,2-4H3. The van der Waals surface area contributed by atoms with Gasteiger partial charge in [-0.1, -0.05) is 35.3 Å². The largest absolute Gasteiger partial charge is 0.490 e. The molecule has 0 aliphatic rings. The zero-order chi connectivity index (χ0) is 20.7. The highest BCUT2D eigenvalue weighted by Crippen LogP contribution is 2.18. The van der Waals surface area contributed by atoms with Crippen molar-refractivity contribution >= 4 is 15.9 Å². The number of carbonyl (C=O) groups excluding carboxylic acids is 1. The molecule has 2 rings (SSSR count). The van der Waals surface area contributed by atoms with Gasteiger partial charge in [0.1, 0.15) is 12.4 Å². The molecule has 0 unspecified atom stereocenters. The predicted molar refractivity (Wildman–Crippen MR) is 106 cm³/mol. The van der Waals surface area contributed by atoms with E-state index in [0.29, 0.717) is 13.2 Å². The Labute approximate surface area is 165 Å². The Hall–Kier alpha value is -2.68. The van der Waals surface area contributed by atoms with Crippen LogP contribution < -0.4 is 4.74 Å². The lowest BCUT2D eigenvalue weighted by atomic mass is 10.1. The number of hydroxylamine groups is 1. The summed E-state index contributed by atoms with van der Waals surface area (Å²) >= 11 is 0. The first-order valence-corrected chi connectivity index (χ1v) is 9.94. The van der Waals surface area contributed by atoms with E-state index < -0.39 is 10.0 Å². The molecule has 0 radical (unpaired) electrons. The summed E-state index contributed by atoms with van der Waals surface area (Å²) in [6.07, 6.45) is 1.67. The fourth-order valence-electron chi connectivity index (χ4n) is 2.45. The molecular formula is C20H24N2O5S. The van der Waals surface area contributed by atoms with Crippen molar-refractivity contribution in [2.24, 2.45) is 0 Å². The maximum atomic E-state index is 12.7. The van der Waals surface area contributed by atoms with E-state index in [9.17, 15) is 13.2 Å². The van der Waals surface area contributed by atoms with Gasteiger partial charge in [-0.2, -0.15) is 0 Å². The number of hydrogen-bond acceptors (Lipinski definition) is 5. The van der Waals surface area contributed by atoms with E-state index in [1.807, 2.05) is 24.3 Å². The van der Waals surface area contributed by atoms with Crippen LogP contribution >= 0.6 is 0 Å². The van der Waals surface area contributed by atoms with Crippen LogP contribution in [-0.4, -0.2) is 51.5 Å². The zero-order valence-electron chi connectivity index (χ0n) is 16.2. The maximum Gasteiger partial charge on any atom is 0.264 e. The average Bonchev–Trinajstić information content (AvgIpc) is 2.72. The molecule has 0 bridgehead atoms. The van der Waals surface area contributed by atoms with Gasteiger partial charge in [-0.3, -0.25) is 9.63 Å². The molecule has 1 amide bonds. The van der Waals surface area contributed by atoms with Crippen molar-refractivity contribution in [3.8, 4) is 5.75 Å². The summed E-state index contributed by atoms with van der Waals surface area (Å²) < 4.78 is 30.9. The van der Waals surface area contributed by atoms with Crippen molar-refractivity contribution in [1.29, 1.82) is 0 Å². The monoisotopic (exact) mass is 404 g/mol. The van der Waals surface area contributed by atoms with E-state index in [1.165, 1.54) is 37.3 Å². The van der Waals surface area contributed by atoms with Gasteiger partial charge in [0.25, 0.3) is 15.9 Å². The van der Waals surface area contributed by atoms with Gasteiger partial charge >= 0.3 is 0 Å². The van der Waals surface area contributed by atoms with E-state index in [0.717, 1.165) is 15.8 Å². The highest BCUT2D eigenvalue weighted by atomic mass is 32.2. The van der Waals surface area contributed by atoms with Crippen molar-refractivity contribution in [3.63, 3.8) is 0 Å². The second kappa shape index (κ2) is 9.50. The van der Waals surface area contributed by atoms with E-state index in [4.69, 9.17) is 9.57 Å². The van der Waals surface area contributed by atoms with Gasteiger partial charge in [-0.25, -0.2) is 8.42 Å². The molecule has 0 atom stereocenters. The third-order valence-corrected chi connectivity index (χ3v) is 5.71. The normalized spacial score (nSPS) is 11.3. The van der Waals surface area contributed by atoms with E-state index in [1.54, 1.807) is 19.2 Å². The summed E-state index contributed by atoms with van der Waals surface area (Å²) in [7, 11) is 0.385. The summed E-state index contributed by atoms with van der Waals surface area (Å²) in [5.41, 5.74) is 1.20. The summed E-state index contributed by atoms with van der Waals surface area (Å²) in [5.74, 6) is 0.432. The molecule has 7 nitrogen and oxygen atoms in total. The van der Waals surface area contributed by atoms with Crippen LogP contribution in [0.1, 0.15) is 15.9 Å². The lowest BCUT2D eigenvalue weighted by Crippen LogP contribution is -2.28. The Morgan fingerprint density at radius 2 is 1.82 bits per heavy atom. The van der Waals surface area contributed by atoms with E-state index in [-0.39, 0.29) is 16.4 Å². The molecule has 0 aromatic heterocycles. The van der Waals surface area contributed by atoms with Crippen molar-refractivity contribution in [2.45, 2.75) is 11.4 Å². The van der Waals surface area contributed by atoms with Crippen molar-refractivity contribution in [3.05, 3.63) is 72.3 Å². The molecule has 0 aliphatic carbocycles. The van der Waals surface area contributed by atoms with Crippen LogP contribution in [0.5, 0.6) is 5.75 Å². The molecule has 150 valence electrons. The van der Waals surface area contributed by atoms with Gasteiger partial charge in [0.15, 0.2) is 0 Å². The van der Waals surface area contributed by atoms with E-state index >= 15 is 0 Å². The average molecular weight is 404 g/mol. The molecule has 8 heteroatoms. The van der Waals surface area contributed by atoms with Crippen LogP contribution in [0, 0.1) is 0 Å². The Kier molecular flexibility index (Phi) is 7.33. The smallest absolute Gasteiger partial charge is 0.264 e.